The Morgan fingerprint density at radius 1 is 1.35 bits per heavy atom. The first-order chi connectivity index (χ1) is 14.6. The molecule has 1 heterocycles. The van der Waals surface area contributed by atoms with E-state index in [-0.39, 0.29) is 35.2 Å². The average Bonchev–Trinajstić information content (AvgIpc) is 2.68. The lowest BCUT2D eigenvalue weighted by molar-refractivity contribution is -0.384. The third-order valence-electron chi connectivity index (χ3n) is 5.54. The van der Waals surface area contributed by atoms with Crippen molar-refractivity contribution in [2.75, 3.05) is 12.4 Å². The number of carboxylic acids is 1. The first-order valence-corrected chi connectivity index (χ1v) is 10.8. The van der Waals surface area contributed by atoms with Gasteiger partial charge in [0.15, 0.2) is 5.12 Å². The molecule has 0 aliphatic carbocycles. The number of carboxylic acid groups (broad SMARTS) is 1. The molecule has 0 radical (unpaired) electrons. The number of ether oxygens (including phenoxy) is 1. The Bertz CT molecular complexity index is 930. The van der Waals surface area contributed by atoms with E-state index in [1.165, 1.54) is 25.1 Å². The molecule has 0 spiro atoms. The van der Waals surface area contributed by atoms with Crippen LogP contribution in [0.25, 0.3) is 0 Å². The van der Waals surface area contributed by atoms with Gasteiger partial charge in [0, 0.05) is 42.5 Å². The molecule has 0 bridgehead atoms. The third kappa shape index (κ3) is 4.90. The molecule has 0 saturated heterocycles. The molecule has 3 unspecified atom stereocenters. The quantitative estimate of drug-likeness (QED) is 0.347. The summed E-state index contributed by atoms with van der Waals surface area (Å²) in [5, 5.41) is 24.7. The molecular formula is C21H26N2O7S. The predicted octanol–water partition coefficient (Wildman–Crippen LogP) is 3.25. The molecule has 1 aliphatic heterocycles. The van der Waals surface area contributed by atoms with Crippen LogP contribution in [-0.2, 0) is 19.1 Å². The van der Waals surface area contributed by atoms with Gasteiger partial charge in [0.25, 0.3) is 5.69 Å². The number of esters is 1. The molecule has 31 heavy (non-hydrogen) atoms. The fourth-order valence-corrected chi connectivity index (χ4v) is 4.88. The Balaban J connectivity index is 2.77. The number of rotatable bonds is 8. The van der Waals surface area contributed by atoms with Crippen LogP contribution < -0.4 is 5.32 Å². The minimum Gasteiger partial charge on any atom is -0.481 e. The molecule has 9 nitrogen and oxygen atoms in total. The van der Waals surface area contributed by atoms with Gasteiger partial charge in [-0.25, -0.2) is 4.79 Å². The largest absolute Gasteiger partial charge is 0.481 e. The molecule has 1 aliphatic rings. The summed E-state index contributed by atoms with van der Waals surface area (Å²) in [6.45, 7) is 6.48. The number of non-ortho nitro benzene ring substituents is 1. The van der Waals surface area contributed by atoms with Crippen LogP contribution in [-0.4, -0.2) is 45.5 Å². The zero-order valence-corrected chi connectivity index (χ0v) is 18.7. The van der Waals surface area contributed by atoms with Crippen molar-refractivity contribution in [1.82, 2.24) is 5.32 Å². The van der Waals surface area contributed by atoms with E-state index in [0.717, 1.165) is 11.8 Å². The summed E-state index contributed by atoms with van der Waals surface area (Å²) in [5.41, 5.74) is -0.837. The summed E-state index contributed by atoms with van der Waals surface area (Å²) < 4.78 is 5.21. The number of carbonyl (C=O) groups excluding carboxylic acids is 2. The van der Waals surface area contributed by atoms with Crippen molar-refractivity contribution in [2.24, 2.45) is 5.41 Å². The fraction of sp³-hybridized carbons (Fsp3) is 0.476. The Labute approximate surface area is 184 Å². The van der Waals surface area contributed by atoms with Gasteiger partial charge in [0.05, 0.1) is 22.5 Å². The third-order valence-corrected chi connectivity index (χ3v) is 6.36. The summed E-state index contributed by atoms with van der Waals surface area (Å²) >= 11 is 0.998. The highest BCUT2D eigenvalue weighted by molar-refractivity contribution is 8.13. The van der Waals surface area contributed by atoms with Gasteiger partial charge in [0.2, 0.25) is 0 Å². The Morgan fingerprint density at radius 2 is 2.03 bits per heavy atom. The van der Waals surface area contributed by atoms with Gasteiger partial charge >= 0.3 is 11.9 Å². The van der Waals surface area contributed by atoms with Crippen LogP contribution in [0.2, 0.25) is 0 Å². The van der Waals surface area contributed by atoms with E-state index in [0.29, 0.717) is 11.3 Å². The Morgan fingerprint density at radius 3 is 2.58 bits per heavy atom. The normalized spacial score (nSPS) is 23.1. The summed E-state index contributed by atoms with van der Waals surface area (Å²) in [6.07, 6.45) is 0.0598. The summed E-state index contributed by atoms with van der Waals surface area (Å²) in [6, 6.07) is 5.03. The van der Waals surface area contributed by atoms with Crippen molar-refractivity contribution in [3.05, 3.63) is 51.2 Å². The van der Waals surface area contributed by atoms with Crippen molar-refractivity contribution in [1.29, 1.82) is 0 Å². The molecule has 0 amide bonds. The molecule has 2 rings (SSSR count). The van der Waals surface area contributed by atoms with Crippen LogP contribution in [0.5, 0.6) is 0 Å². The average molecular weight is 451 g/mol. The highest BCUT2D eigenvalue weighted by Crippen LogP contribution is 2.51. The predicted molar refractivity (Wildman–Crippen MR) is 116 cm³/mol. The zero-order valence-electron chi connectivity index (χ0n) is 17.8. The second-order valence-electron chi connectivity index (χ2n) is 7.35. The number of thioether (sulfide) groups is 1. The van der Waals surface area contributed by atoms with Gasteiger partial charge in [0.1, 0.15) is 0 Å². The van der Waals surface area contributed by atoms with Gasteiger partial charge in [-0.1, -0.05) is 23.9 Å². The standard InChI is InChI=1S/C21H26N2O7S/c1-5-30-19(25)17-12(2)22-13(3)21(20(26)27,9-10-31-14(4)24)18(17)15-7-6-8-16(11-15)23(28)29/h6-8,11,13,18,22H,5,9-10H2,1-4H3,(H,26,27). The second kappa shape index (κ2) is 9.95. The van der Waals surface area contributed by atoms with E-state index in [1.807, 2.05) is 0 Å². The number of carbonyl (C=O) groups is 3. The number of hydrogen-bond acceptors (Lipinski definition) is 8. The van der Waals surface area contributed by atoms with Gasteiger partial charge in [-0.2, -0.15) is 0 Å². The maximum atomic E-state index is 12.9. The number of nitro groups is 1. The molecule has 1 aromatic rings. The van der Waals surface area contributed by atoms with Crippen molar-refractivity contribution in [2.45, 2.75) is 46.1 Å². The van der Waals surface area contributed by atoms with Crippen LogP contribution >= 0.6 is 11.8 Å². The molecule has 1 aromatic carbocycles. The van der Waals surface area contributed by atoms with Crippen LogP contribution in [0, 0.1) is 15.5 Å². The maximum Gasteiger partial charge on any atom is 0.336 e. The number of allylic oxidation sites excluding steroid dienone is 1. The van der Waals surface area contributed by atoms with Gasteiger partial charge in [-0.05, 0) is 32.8 Å². The Kier molecular flexibility index (Phi) is 7.83. The number of benzene rings is 1. The lowest BCUT2D eigenvalue weighted by Gasteiger charge is -2.47. The van der Waals surface area contributed by atoms with Crippen LogP contribution in [0.3, 0.4) is 0 Å². The smallest absolute Gasteiger partial charge is 0.336 e. The van der Waals surface area contributed by atoms with Gasteiger partial charge < -0.3 is 15.2 Å². The first kappa shape index (κ1) is 24.4. The van der Waals surface area contributed by atoms with Crippen molar-refractivity contribution < 1.29 is 29.2 Å². The van der Waals surface area contributed by atoms with E-state index in [1.54, 1.807) is 26.8 Å². The lowest BCUT2D eigenvalue weighted by atomic mass is 9.61. The molecule has 10 heteroatoms. The molecule has 3 atom stereocenters. The minimum atomic E-state index is -1.54. The summed E-state index contributed by atoms with van der Waals surface area (Å²) in [7, 11) is 0. The van der Waals surface area contributed by atoms with E-state index in [2.05, 4.69) is 5.32 Å². The van der Waals surface area contributed by atoms with Crippen molar-refractivity contribution >= 4 is 34.5 Å². The topological polar surface area (TPSA) is 136 Å². The Hall–Kier alpha value is -2.88. The first-order valence-electron chi connectivity index (χ1n) is 9.81. The maximum absolute atomic E-state index is 12.9. The molecule has 0 aromatic heterocycles. The summed E-state index contributed by atoms with van der Waals surface area (Å²) in [4.78, 5) is 47.9. The monoisotopic (exact) mass is 450 g/mol. The number of nitrogens with one attached hydrogen (secondary N) is 1. The second-order valence-corrected chi connectivity index (χ2v) is 8.62. The SMILES string of the molecule is CCOC(=O)C1=C(C)NC(C)C(CCSC(C)=O)(C(=O)O)C1c1cccc([N+](=O)[O-])c1. The lowest BCUT2D eigenvalue weighted by Crippen LogP contribution is -2.57. The highest BCUT2D eigenvalue weighted by atomic mass is 32.2. The highest BCUT2D eigenvalue weighted by Gasteiger charge is 2.56. The van der Waals surface area contributed by atoms with Crippen LogP contribution in [0.15, 0.2) is 35.5 Å². The number of nitro benzene ring substituents is 1. The van der Waals surface area contributed by atoms with Crippen molar-refractivity contribution in [3.63, 3.8) is 0 Å². The zero-order chi connectivity index (χ0) is 23.3. The fourth-order valence-electron chi connectivity index (χ4n) is 4.16. The number of hydrogen-bond donors (Lipinski definition) is 2. The molecule has 2 N–H and O–H groups in total. The van der Waals surface area contributed by atoms with E-state index in [9.17, 15) is 29.6 Å². The minimum absolute atomic E-state index is 0.0598. The van der Waals surface area contributed by atoms with Crippen LogP contribution in [0.4, 0.5) is 5.69 Å². The van der Waals surface area contributed by atoms with Gasteiger partial charge in [-0.3, -0.25) is 19.7 Å². The van der Waals surface area contributed by atoms with Crippen LogP contribution in [0.1, 0.15) is 45.6 Å². The summed E-state index contributed by atoms with van der Waals surface area (Å²) in [5.74, 6) is -2.63. The van der Waals surface area contributed by atoms with E-state index >= 15 is 0 Å². The molecular weight excluding hydrogens is 424 g/mol. The molecule has 0 fully saturated rings. The van der Waals surface area contributed by atoms with Gasteiger partial charge in [-0.15, -0.1) is 0 Å². The van der Waals surface area contributed by atoms with E-state index < -0.39 is 34.2 Å². The number of aliphatic carboxylic acids is 1. The van der Waals surface area contributed by atoms with E-state index in [4.69, 9.17) is 4.74 Å². The molecule has 168 valence electrons. The number of nitrogens with zero attached hydrogens (tertiary/aromatic N) is 1. The molecule has 0 saturated carbocycles. The van der Waals surface area contributed by atoms with Crippen molar-refractivity contribution in [3.8, 4) is 0 Å².